The maximum Gasteiger partial charge on any atom is 0.161 e. The smallest absolute Gasteiger partial charge is 0.161 e. The number of amidine groups is 2. The molecule has 5 nitrogen and oxygen atoms in total. The zero-order valence-electron chi connectivity index (χ0n) is 30.6. The summed E-state index contributed by atoms with van der Waals surface area (Å²) >= 11 is 1.85. The summed E-state index contributed by atoms with van der Waals surface area (Å²) in [6, 6.07) is 62.8. The van der Waals surface area contributed by atoms with E-state index >= 15 is 0 Å². The number of thiophene rings is 1. The Balaban J connectivity index is 0.980. The molecule has 0 aliphatic heterocycles. The summed E-state index contributed by atoms with van der Waals surface area (Å²) in [5, 5.41) is 15.9. The minimum Gasteiger partial charge on any atom is -0.456 e. The molecule has 0 bridgehead atoms. The maximum absolute atomic E-state index is 8.75. The van der Waals surface area contributed by atoms with E-state index in [1.54, 1.807) is 6.21 Å². The molecule has 0 amide bonds. The molecule has 6 heteroatoms. The quantitative estimate of drug-likeness (QED) is 0.138. The zero-order valence-corrected chi connectivity index (χ0v) is 31.4. The summed E-state index contributed by atoms with van der Waals surface area (Å²) in [5.74, 6) is 0.581. The van der Waals surface area contributed by atoms with Crippen molar-refractivity contribution >= 4 is 93.1 Å². The van der Waals surface area contributed by atoms with Crippen LogP contribution in [0.2, 0.25) is 0 Å². The molecule has 8 aromatic carbocycles. The van der Waals surface area contributed by atoms with Crippen molar-refractivity contribution in [3.05, 3.63) is 199 Å². The molecule has 11 aromatic rings. The van der Waals surface area contributed by atoms with Crippen molar-refractivity contribution in [2.75, 3.05) is 0 Å². The Hall–Kier alpha value is -7.41. The highest BCUT2D eigenvalue weighted by molar-refractivity contribution is 7.26. The van der Waals surface area contributed by atoms with E-state index in [2.05, 4.69) is 114 Å². The molecule has 1 N–H and O–H groups in total. The van der Waals surface area contributed by atoms with Gasteiger partial charge in [0.05, 0.1) is 21.4 Å². The van der Waals surface area contributed by atoms with E-state index in [9.17, 15) is 0 Å². The summed E-state index contributed by atoms with van der Waals surface area (Å²) in [5.41, 5.74) is 9.85. The highest BCUT2D eigenvalue weighted by Gasteiger charge is 2.17. The molecule has 0 aliphatic rings. The van der Waals surface area contributed by atoms with Crippen LogP contribution in [0.25, 0.3) is 80.7 Å². The lowest BCUT2D eigenvalue weighted by molar-refractivity contribution is 0.669. The van der Waals surface area contributed by atoms with Crippen LogP contribution in [0, 0.1) is 5.41 Å². The van der Waals surface area contributed by atoms with E-state index in [1.165, 1.54) is 47.7 Å². The van der Waals surface area contributed by atoms with Gasteiger partial charge in [0, 0.05) is 54.4 Å². The van der Waals surface area contributed by atoms with Crippen LogP contribution in [-0.2, 0) is 0 Å². The van der Waals surface area contributed by atoms with Gasteiger partial charge in [-0.15, -0.1) is 11.3 Å². The van der Waals surface area contributed by atoms with Gasteiger partial charge in [0.15, 0.2) is 11.7 Å². The van der Waals surface area contributed by atoms with Crippen molar-refractivity contribution in [3.63, 3.8) is 0 Å². The van der Waals surface area contributed by atoms with Gasteiger partial charge >= 0.3 is 0 Å². The molecular weight excluding hydrogens is 717 g/mol. The summed E-state index contributed by atoms with van der Waals surface area (Å²) < 4.78 is 11.5. The van der Waals surface area contributed by atoms with Gasteiger partial charge in [-0.25, -0.2) is 9.98 Å². The number of para-hydroxylation sites is 2. The Morgan fingerprint density at radius 2 is 1.14 bits per heavy atom. The summed E-state index contributed by atoms with van der Waals surface area (Å²) in [7, 11) is 0. The van der Waals surface area contributed by atoms with Crippen molar-refractivity contribution < 1.29 is 4.42 Å². The average Bonchev–Trinajstić information content (AvgIpc) is 3.94. The van der Waals surface area contributed by atoms with Crippen molar-refractivity contribution in [1.29, 1.82) is 5.41 Å². The number of fused-ring (bicyclic) bond motifs is 9. The van der Waals surface area contributed by atoms with E-state index in [0.717, 1.165) is 49.8 Å². The third kappa shape index (κ3) is 5.65. The summed E-state index contributed by atoms with van der Waals surface area (Å²) in [4.78, 5) is 9.47. The SMILES string of the molecule is N=C(/N=C(\N=C\c1ccccc1)c1ccc2c(c1)oc1cc(-c3ccc4c(c3)sc3c(-n5c6ccccc6c6ccccc65)cccc34)ccc12)c1ccccc1. The molecule has 0 fully saturated rings. The number of nitrogens with zero attached hydrogens (tertiary/aromatic N) is 3. The molecule has 11 rings (SSSR count). The van der Waals surface area contributed by atoms with Gasteiger partial charge < -0.3 is 8.98 Å². The molecule has 0 unspecified atom stereocenters. The number of hydrogen-bond donors (Lipinski definition) is 1. The van der Waals surface area contributed by atoms with Crippen molar-refractivity contribution in [3.8, 4) is 16.8 Å². The lowest BCUT2D eigenvalue weighted by atomic mass is 10.0. The highest BCUT2D eigenvalue weighted by atomic mass is 32.1. The van der Waals surface area contributed by atoms with Gasteiger partial charge in [-0.1, -0.05) is 133 Å². The molecule has 268 valence electrons. The molecule has 57 heavy (non-hydrogen) atoms. The van der Waals surface area contributed by atoms with Crippen LogP contribution in [0.1, 0.15) is 16.7 Å². The Morgan fingerprint density at radius 3 is 1.89 bits per heavy atom. The van der Waals surface area contributed by atoms with Gasteiger partial charge in [-0.3, -0.25) is 5.41 Å². The van der Waals surface area contributed by atoms with Gasteiger partial charge in [-0.2, -0.15) is 0 Å². The van der Waals surface area contributed by atoms with E-state index in [1.807, 2.05) is 84.1 Å². The first-order chi connectivity index (χ1) is 28.2. The molecule has 0 spiro atoms. The Labute approximate surface area is 331 Å². The number of rotatable bonds is 5. The zero-order chi connectivity index (χ0) is 37.9. The van der Waals surface area contributed by atoms with E-state index in [-0.39, 0.29) is 5.84 Å². The average molecular weight is 749 g/mol. The molecule has 0 radical (unpaired) electrons. The minimum absolute atomic E-state index is 0.142. The lowest BCUT2D eigenvalue weighted by Gasteiger charge is -2.09. The van der Waals surface area contributed by atoms with Crippen molar-refractivity contribution in [2.45, 2.75) is 0 Å². The fourth-order valence-corrected chi connectivity index (χ4v) is 9.27. The molecule has 0 saturated carbocycles. The lowest BCUT2D eigenvalue weighted by Crippen LogP contribution is -2.04. The van der Waals surface area contributed by atoms with Crippen LogP contribution >= 0.6 is 11.3 Å². The van der Waals surface area contributed by atoms with Crippen LogP contribution in [0.3, 0.4) is 0 Å². The van der Waals surface area contributed by atoms with E-state index < -0.39 is 0 Å². The summed E-state index contributed by atoms with van der Waals surface area (Å²) in [6.45, 7) is 0. The topological polar surface area (TPSA) is 66.6 Å². The van der Waals surface area contributed by atoms with Crippen LogP contribution < -0.4 is 0 Å². The number of benzene rings is 8. The van der Waals surface area contributed by atoms with Crippen molar-refractivity contribution in [1.82, 2.24) is 4.57 Å². The second kappa shape index (κ2) is 13.4. The summed E-state index contributed by atoms with van der Waals surface area (Å²) in [6.07, 6.45) is 1.78. The minimum atomic E-state index is 0.142. The first kappa shape index (κ1) is 33.0. The van der Waals surface area contributed by atoms with Gasteiger partial charge in [0.25, 0.3) is 0 Å². The number of nitrogens with one attached hydrogen (secondary N) is 1. The van der Waals surface area contributed by atoms with Gasteiger partial charge in [0.2, 0.25) is 0 Å². The monoisotopic (exact) mass is 748 g/mol. The number of aliphatic imine (C=N–C) groups is 2. The fourth-order valence-electron chi connectivity index (χ4n) is 8.03. The Morgan fingerprint density at radius 1 is 0.526 bits per heavy atom. The van der Waals surface area contributed by atoms with Gasteiger partial charge in [-0.05, 0) is 65.2 Å². The molecule has 3 heterocycles. The van der Waals surface area contributed by atoms with Crippen molar-refractivity contribution in [2.24, 2.45) is 9.98 Å². The normalized spacial score (nSPS) is 12.3. The number of aromatic nitrogens is 1. The largest absolute Gasteiger partial charge is 0.456 e. The Bertz CT molecular complexity index is 3370. The molecular formula is C51H32N4OS. The highest BCUT2D eigenvalue weighted by Crippen LogP contribution is 2.42. The maximum atomic E-state index is 8.75. The molecule has 0 aliphatic carbocycles. The van der Waals surface area contributed by atoms with Crippen LogP contribution in [0.15, 0.2) is 196 Å². The third-order valence-corrected chi connectivity index (χ3v) is 12.0. The predicted octanol–water partition coefficient (Wildman–Crippen LogP) is 13.6. The fraction of sp³-hybridized carbons (Fsp3) is 0. The molecule has 0 saturated heterocycles. The van der Waals surface area contributed by atoms with Crippen LogP contribution in [0.4, 0.5) is 0 Å². The number of furan rings is 1. The standard InChI is InChI=1S/C51H32N4OS/c52-50(33-14-5-2-6-15-33)54-51(53-31-32-12-3-1-4-13-32)36-24-26-40-39-25-22-34(28-46(39)56-47(40)29-36)35-23-27-41-42-18-11-21-45(49(42)57-48(41)30-35)55-43-19-9-7-16-37(43)38-17-8-10-20-44(38)55/h1-31,52H/b52-50?,53-31+,54-51-. The second-order valence-electron chi connectivity index (χ2n) is 14.2. The first-order valence-corrected chi connectivity index (χ1v) is 19.7. The second-order valence-corrected chi connectivity index (χ2v) is 15.2. The van der Waals surface area contributed by atoms with Crippen LogP contribution in [-0.4, -0.2) is 22.5 Å². The third-order valence-electron chi connectivity index (χ3n) is 10.8. The van der Waals surface area contributed by atoms with Gasteiger partial charge in [0.1, 0.15) is 11.2 Å². The predicted molar refractivity (Wildman–Crippen MR) is 240 cm³/mol. The molecule has 0 atom stereocenters. The first-order valence-electron chi connectivity index (χ1n) is 18.9. The van der Waals surface area contributed by atoms with E-state index in [0.29, 0.717) is 5.84 Å². The Kier molecular flexibility index (Phi) is 7.76. The molecule has 3 aromatic heterocycles. The van der Waals surface area contributed by atoms with E-state index in [4.69, 9.17) is 19.8 Å². The number of hydrogen-bond acceptors (Lipinski definition) is 3. The van der Waals surface area contributed by atoms with Crippen LogP contribution in [0.5, 0.6) is 0 Å².